The molecule has 5 rings (SSSR count). The molecule has 3 aromatic heterocycles. The third kappa shape index (κ3) is 2.58. The van der Waals surface area contributed by atoms with Crippen molar-refractivity contribution < 1.29 is 9.18 Å². The van der Waals surface area contributed by atoms with Crippen LogP contribution in [0.15, 0.2) is 42.6 Å². The lowest BCUT2D eigenvalue weighted by Crippen LogP contribution is -2.29. The SMILES string of the molecule is Cc1nc2cccnc2n1[C@@H]1CCN(C(=O)c2cc3cc(F)ccc3[nH]2)C1. The summed E-state index contributed by atoms with van der Waals surface area (Å²) in [5.74, 6) is 0.532. The molecule has 1 aliphatic rings. The van der Waals surface area contributed by atoms with E-state index in [1.165, 1.54) is 12.1 Å². The molecule has 4 aromatic rings. The number of aromatic nitrogens is 4. The molecule has 1 aromatic carbocycles. The summed E-state index contributed by atoms with van der Waals surface area (Å²) in [6, 6.07) is 10.2. The molecule has 4 heterocycles. The molecular formula is C20H18FN5O. The van der Waals surface area contributed by atoms with Crippen LogP contribution in [0.2, 0.25) is 0 Å². The van der Waals surface area contributed by atoms with Crippen LogP contribution in [0.25, 0.3) is 22.1 Å². The van der Waals surface area contributed by atoms with Crippen molar-refractivity contribution in [3.63, 3.8) is 0 Å². The number of nitrogens with one attached hydrogen (secondary N) is 1. The quantitative estimate of drug-likeness (QED) is 0.593. The molecule has 7 heteroatoms. The number of amides is 1. The summed E-state index contributed by atoms with van der Waals surface area (Å²) < 4.78 is 15.5. The zero-order valence-corrected chi connectivity index (χ0v) is 14.8. The molecule has 0 bridgehead atoms. The number of carbonyl (C=O) groups excluding carboxylic acids is 1. The number of carbonyl (C=O) groups is 1. The zero-order valence-electron chi connectivity index (χ0n) is 14.8. The van der Waals surface area contributed by atoms with E-state index in [2.05, 4.69) is 19.5 Å². The lowest BCUT2D eigenvalue weighted by Gasteiger charge is -2.17. The van der Waals surface area contributed by atoms with Gasteiger partial charge in [-0.05, 0) is 49.7 Å². The monoisotopic (exact) mass is 363 g/mol. The lowest BCUT2D eigenvalue weighted by molar-refractivity contribution is 0.0783. The summed E-state index contributed by atoms with van der Waals surface area (Å²) in [4.78, 5) is 26.9. The van der Waals surface area contributed by atoms with Crippen molar-refractivity contribution in [1.29, 1.82) is 0 Å². The number of benzene rings is 1. The highest BCUT2D eigenvalue weighted by Crippen LogP contribution is 2.28. The number of hydrogen-bond acceptors (Lipinski definition) is 3. The van der Waals surface area contributed by atoms with E-state index < -0.39 is 0 Å². The van der Waals surface area contributed by atoms with E-state index in [4.69, 9.17) is 0 Å². The van der Waals surface area contributed by atoms with Crippen LogP contribution in [0.1, 0.15) is 28.8 Å². The van der Waals surface area contributed by atoms with Crippen molar-refractivity contribution >= 4 is 28.0 Å². The second-order valence-corrected chi connectivity index (χ2v) is 6.98. The molecule has 1 atom stereocenters. The normalized spacial score (nSPS) is 17.3. The third-order valence-electron chi connectivity index (χ3n) is 5.25. The van der Waals surface area contributed by atoms with Gasteiger partial charge in [0.2, 0.25) is 0 Å². The van der Waals surface area contributed by atoms with Crippen LogP contribution in [0.5, 0.6) is 0 Å². The molecule has 0 aliphatic carbocycles. The number of nitrogens with zero attached hydrogens (tertiary/aromatic N) is 4. The number of imidazole rings is 1. The number of pyridine rings is 1. The van der Waals surface area contributed by atoms with Crippen molar-refractivity contribution in [1.82, 2.24) is 24.4 Å². The van der Waals surface area contributed by atoms with Crippen molar-refractivity contribution in [2.75, 3.05) is 13.1 Å². The van der Waals surface area contributed by atoms with Gasteiger partial charge in [0.1, 0.15) is 22.9 Å². The van der Waals surface area contributed by atoms with Crippen LogP contribution < -0.4 is 0 Å². The Kier molecular flexibility index (Phi) is 3.50. The third-order valence-corrected chi connectivity index (χ3v) is 5.25. The van der Waals surface area contributed by atoms with Crippen LogP contribution >= 0.6 is 0 Å². The van der Waals surface area contributed by atoms with Crippen LogP contribution in [0, 0.1) is 12.7 Å². The van der Waals surface area contributed by atoms with Crippen LogP contribution in [-0.4, -0.2) is 43.4 Å². The Balaban J connectivity index is 1.42. The molecule has 1 saturated heterocycles. The number of fused-ring (bicyclic) bond motifs is 2. The minimum absolute atomic E-state index is 0.0656. The van der Waals surface area contributed by atoms with Gasteiger partial charge in [0, 0.05) is 30.2 Å². The highest BCUT2D eigenvalue weighted by molar-refractivity contribution is 5.98. The van der Waals surface area contributed by atoms with Gasteiger partial charge in [0.05, 0.1) is 6.04 Å². The minimum Gasteiger partial charge on any atom is -0.351 e. The second-order valence-electron chi connectivity index (χ2n) is 6.98. The van der Waals surface area contributed by atoms with E-state index in [0.29, 0.717) is 24.2 Å². The van der Waals surface area contributed by atoms with Gasteiger partial charge in [-0.25, -0.2) is 14.4 Å². The fourth-order valence-electron chi connectivity index (χ4n) is 4.01. The average molecular weight is 363 g/mol. The Hall–Kier alpha value is -3.22. The van der Waals surface area contributed by atoms with Gasteiger partial charge in [-0.2, -0.15) is 0 Å². The van der Waals surface area contributed by atoms with Crippen LogP contribution in [-0.2, 0) is 0 Å². The number of aryl methyl sites for hydroxylation is 1. The Morgan fingerprint density at radius 3 is 3.07 bits per heavy atom. The van der Waals surface area contributed by atoms with Crippen LogP contribution in [0.4, 0.5) is 4.39 Å². The molecule has 0 saturated carbocycles. The van der Waals surface area contributed by atoms with Gasteiger partial charge in [-0.1, -0.05) is 0 Å². The molecule has 27 heavy (non-hydrogen) atoms. The number of H-pyrrole nitrogens is 1. The zero-order chi connectivity index (χ0) is 18.5. The number of hydrogen-bond donors (Lipinski definition) is 1. The molecule has 1 fully saturated rings. The van der Waals surface area contributed by atoms with Gasteiger partial charge < -0.3 is 14.5 Å². The molecule has 1 aliphatic heterocycles. The highest BCUT2D eigenvalue weighted by Gasteiger charge is 2.30. The first-order chi connectivity index (χ1) is 13.1. The summed E-state index contributed by atoms with van der Waals surface area (Å²) in [5.41, 5.74) is 2.98. The Labute approximate surface area is 154 Å². The summed E-state index contributed by atoms with van der Waals surface area (Å²) >= 11 is 0. The maximum absolute atomic E-state index is 13.4. The molecule has 6 nitrogen and oxygen atoms in total. The van der Waals surface area contributed by atoms with Crippen molar-refractivity contribution in [3.05, 3.63) is 59.9 Å². The molecule has 0 radical (unpaired) electrons. The van der Waals surface area contributed by atoms with Gasteiger partial charge in [-0.15, -0.1) is 0 Å². The summed E-state index contributed by atoms with van der Waals surface area (Å²) in [7, 11) is 0. The molecular weight excluding hydrogens is 345 g/mol. The molecule has 0 unspecified atom stereocenters. The number of halogens is 1. The minimum atomic E-state index is -0.309. The van der Waals surface area contributed by atoms with Gasteiger partial charge >= 0.3 is 0 Å². The fraction of sp³-hybridized carbons (Fsp3) is 0.250. The Morgan fingerprint density at radius 1 is 1.30 bits per heavy atom. The number of aromatic amines is 1. The Bertz CT molecular complexity index is 1180. The van der Waals surface area contributed by atoms with Gasteiger partial charge in [0.25, 0.3) is 5.91 Å². The molecule has 1 amide bonds. The van der Waals surface area contributed by atoms with E-state index in [1.807, 2.05) is 24.0 Å². The van der Waals surface area contributed by atoms with E-state index in [1.54, 1.807) is 18.3 Å². The summed E-state index contributed by atoms with van der Waals surface area (Å²) in [5, 5.41) is 0.703. The predicted molar refractivity (Wildman–Crippen MR) is 100 cm³/mol. The maximum Gasteiger partial charge on any atom is 0.270 e. The standard InChI is InChI=1S/C20H18FN5O/c1-12-23-17-3-2-7-22-19(17)26(12)15-6-8-25(11-15)20(27)18-10-13-9-14(21)4-5-16(13)24-18/h2-5,7,9-10,15,24H,6,8,11H2,1H3/t15-/m1/s1. The molecule has 136 valence electrons. The average Bonchev–Trinajstić information content (AvgIpc) is 3.36. The predicted octanol–water partition coefficient (Wildman–Crippen LogP) is 3.45. The van der Waals surface area contributed by atoms with Crippen molar-refractivity contribution in [3.8, 4) is 0 Å². The molecule has 1 N–H and O–H groups in total. The number of likely N-dealkylation sites (tertiary alicyclic amines) is 1. The first-order valence-electron chi connectivity index (χ1n) is 8.97. The van der Waals surface area contributed by atoms with E-state index in [9.17, 15) is 9.18 Å². The van der Waals surface area contributed by atoms with E-state index in [-0.39, 0.29) is 17.8 Å². The highest BCUT2D eigenvalue weighted by atomic mass is 19.1. The van der Waals surface area contributed by atoms with Gasteiger partial charge in [0.15, 0.2) is 5.65 Å². The number of rotatable bonds is 2. The smallest absolute Gasteiger partial charge is 0.270 e. The topological polar surface area (TPSA) is 66.8 Å². The van der Waals surface area contributed by atoms with E-state index >= 15 is 0 Å². The largest absolute Gasteiger partial charge is 0.351 e. The van der Waals surface area contributed by atoms with Crippen LogP contribution in [0.3, 0.4) is 0 Å². The Morgan fingerprint density at radius 2 is 2.19 bits per heavy atom. The summed E-state index contributed by atoms with van der Waals surface area (Å²) in [6.07, 6.45) is 2.62. The lowest BCUT2D eigenvalue weighted by atomic mass is 10.2. The van der Waals surface area contributed by atoms with Gasteiger partial charge in [-0.3, -0.25) is 4.79 Å². The first-order valence-corrected chi connectivity index (χ1v) is 8.97. The maximum atomic E-state index is 13.4. The van der Waals surface area contributed by atoms with Crippen molar-refractivity contribution in [2.24, 2.45) is 0 Å². The second kappa shape index (κ2) is 5.90. The summed E-state index contributed by atoms with van der Waals surface area (Å²) in [6.45, 7) is 3.24. The first kappa shape index (κ1) is 16.0. The fourth-order valence-corrected chi connectivity index (χ4v) is 4.01. The molecule has 0 spiro atoms. The van der Waals surface area contributed by atoms with E-state index in [0.717, 1.165) is 28.9 Å². The van der Waals surface area contributed by atoms with Crippen molar-refractivity contribution in [2.45, 2.75) is 19.4 Å².